The van der Waals surface area contributed by atoms with E-state index >= 15 is 0 Å². The van der Waals surface area contributed by atoms with Crippen LogP contribution >= 0.6 is 24.0 Å². The number of nitrogens with one attached hydrogen (secondary N) is 1. The summed E-state index contributed by atoms with van der Waals surface area (Å²) in [5.41, 5.74) is 4.19. The van der Waals surface area contributed by atoms with Crippen molar-refractivity contribution in [2.45, 2.75) is 6.92 Å². The molecule has 8 heteroatoms. The topological polar surface area (TPSA) is 69.3 Å². The van der Waals surface area contributed by atoms with Gasteiger partial charge in [-0.25, -0.2) is 9.88 Å². The minimum absolute atomic E-state index is 0.193. The summed E-state index contributed by atoms with van der Waals surface area (Å²) in [6.45, 7) is 1.79. The second kappa shape index (κ2) is 9.24. The number of hydrogen-bond donors (Lipinski definition) is 1. The predicted octanol–water partition coefficient (Wildman–Crippen LogP) is 5.44. The molecule has 34 heavy (non-hydrogen) atoms. The summed E-state index contributed by atoms with van der Waals surface area (Å²) >= 11 is 6.65. The summed E-state index contributed by atoms with van der Waals surface area (Å²) in [4.78, 5) is 37.9. The van der Waals surface area contributed by atoms with Gasteiger partial charge in [-0.2, -0.15) is 0 Å². The summed E-state index contributed by atoms with van der Waals surface area (Å²) < 4.78 is 0.356. The SMILES string of the molecule is Cc1ccc(N(C(=O)CN2C(=O)C(=Cc3ccccc3)SC2=S)c2nc3ccccc3[nH]2)cc1. The molecule has 0 atom stereocenters. The standard InChI is InChI=1S/C26H20N4O2S2/c1-17-11-13-19(14-12-17)30(25-27-20-9-5-6-10-21(20)28-25)23(31)16-29-24(32)22(34-26(29)33)15-18-7-3-2-4-8-18/h2-15H,16H2,1H3,(H,27,28). The third-order valence-electron chi connectivity index (χ3n) is 5.39. The zero-order chi connectivity index (χ0) is 23.7. The molecular formula is C26H20N4O2S2. The average molecular weight is 485 g/mol. The Balaban J connectivity index is 1.46. The van der Waals surface area contributed by atoms with Crippen molar-refractivity contribution >= 4 is 68.9 Å². The van der Waals surface area contributed by atoms with Gasteiger partial charge in [0.2, 0.25) is 5.95 Å². The van der Waals surface area contributed by atoms with Gasteiger partial charge < -0.3 is 4.98 Å². The Morgan fingerprint density at radius 1 is 1.06 bits per heavy atom. The van der Waals surface area contributed by atoms with Crippen molar-refractivity contribution in [3.05, 3.63) is 94.9 Å². The second-order valence-electron chi connectivity index (χ2n) is 7.82. The van der Waals surface area contributed by atoms with Crippen molar-refractivity contribution in [2.75, 3.05) is 11.4 Å². The lowest BCUT2D eigenvalue weighted by atomic mass is 10.2. The molecule has 0 unspecified atom stereocenters. The largest absolute Gasteiger partial charge is 0.323 e. The highest BCUT2D eigenvalue weighted by Gasteiger charge is 2.35. The third-order valence-corrected chi connectivity index (χ3v) is 6.77. The number of fused-ring (bicyclic) bond motifs is 1. The number of benzene rings is 3. The van der Waals surface area contributed by atoms with Gasteiger partial charge in [0.05, 0.1) is 21.6 Å². The molecule has 0 spiro atoms. The van der Waals surface area contributed by atoms with Crippen molar-refractivity contribution in [1.82, 2.24) is 14.9 Å². The minimum atomic E-state index is -0.319. The number of carbonyl (C=O) groups excluding carboxylic acids is 2. The number of thioether (sulfide) groups is 1. The summed E-state index contributed by atoms with van der Waals surface area (Å²) in [5, 5.41) is 0. The Bertz CT molecular complexity index is 1400. The average Bonchev–Trinajstić information content (AvgIpc) is 3.37. The number of carbonyl (C=O) groups is 2. The van der Waals surface area contributed by atoms with E-state index in [1.807, 2.05) is 85.8 Å². The first-order valence-electron chi connectivity index (χ1n) is 10.6. The number of thiocarbonyl (C=S) groups is 1. The van der Waals surface area contributed by atoms with Crippen LogP contribution in [0.15, 0.2) is 83.8 Å². The van der Waals surface area contributed by atoms with Crippen molar-refractivity contribution in [1.29, 1.82) is 0 Å². The van der Waals surface area contributed by atoms with Crippen LogP contribution in [0.3, 0.4) is 0 Å². The van der Waals surface area contributed by atoms with Crippen LogP contribution in [0, 0.1) is 6.92 Å². The molecule has 2 heterocycles. The van der Waals surface area contributed by atoms with Crippen molar-refractivity contribution in [3.8, 4) is 0 Å². The number of anilines is 2. The van der Waals surface area contributed by atoms with E-state index in [9.17, 15) is 9.59 Å². The van der Waals surface area contributed by atoms with Gasteiger partial charge >= 0.3 is 0 Å². The van der Waals surface area contributed by atoms with Gasteiger partial charge in [0.25, 0.3) is 11.8 Å². The van der Waals surface area contributed by atoms with Crippen molar-refractivity contribution in [2.24, 2.45) is 0 Å². The van der Waals surface area contributed by atoms with E-state index in [1.54, 1.807) is 6.08 Å². The first-order valence-corrected chi connectivity index (χ1v) is 11.9. The summed E-state index contributed by atoms with van der Waals surface area (Å²) in [6.07, 6.45) is 1.79. The molecule has 0 bridgehead atoms. The Morgan fingerprint density at radius 2 is 1.76 bits per heavy atom. The Labute approximate surface area is 206 Å². The number of H-pyrrole nitrogens is 1. The van der Waals surface area contributed by atoms with Gasteiger partial charge in [-0.15, -0.1) is 0 Å². The van der Waals surface area contributed by atoms with Crippen LogP contribution in [0.25, 0.3) is 17.1 Å². The number of aryl methyl sites for hydroxylation is 1. The maximum atomic E-state index is 13.6. The molecule has 1 aliphatic rings. The third kappa shape index (κ3) is 4.37. The van der Waals surface area contributed by atoms with E-state index in [0.717, 1.165) is 22.2 Å². The van der Waals surface area contributed by atoms with E-state index in [2.05, 4.69) is 9.97 Å². The summed E-state index contributed by atoms with van der Waals surface area (Å²) in [6, 6.07) is 24.7. The lowest BCUT2D eigenvalue weighted by molar-refractivity contribution is -0.127. The zero-order valence-corrected chi connectivity index (χ0v) is 19.9. The maximum Gasteiger partial charge on any atom is 0.266 e. The number of amides is 2. The number of para-hydroxylation sites is 2. The highest BCUT2D eigenvalue weighted by Crippen LogP contribution is 2.33. The Hall–Kier alpha value is -3.75. The first-order chi connectivity index (χ1) is 16.5. The van der Waals surface area contributed by atoms with Crippen LogP contribution in [0.5, 0.6) is 0 Å². The fourth-order valence-electron chi connectivity index (χ4n) is 3.67. The van der Waals surface area contributed by atoms with Gasteiger partial charge in [0.1, 0.15) is 10.9 Å². The van der Waals surface area contributed by atoms with E-state index in [4.69, 9.17) is 12.2 Å². The Morgan fingerprint density at radius 3 is 2.50 bits per heavy atom. The molecule has 2 amide bonds. The lowest BCUT2D eigenvalue weighted by Gasteiger charge is -2.23. The van der Waals surface area contributed by atoms with Crippen LogP contribution in [-0.2, 0) is 9.59 Å². The number of aromatic nitrogens is 2. The number of aromatic amines is 1. The maximum absolute atomic E-state index is 13.6. The lowest BCUT2D eigenvalue weighted by Crippen LogP contribution is -2.40. The molecule has 5 rings (SSSR count). The van der Waals surface area contributed by atoms with E-state index in [1.165, 1.54) is 21.6 Å². The fraction of sp³-hybridized carbons (Fsp3) is 0.0769. The molecule has 6 nitrogen and oxygen atoms in total. The smallest absolute Gasteiger partial charge is 0.266 e. The number of hydrogen-bond acceptors (Lipinski definition) is 5. The normalized spacial score (nSPS) is 14.9. The number of imidazole rings is 1. The van der Waals surface area contributed by atoms with Crippen LogP contribution in [0.2, 0.25) is 0 Å². The van der Waals surface area contributed by atoms with Crippen molar-refractivity contribution in [3.63, 3.8) is 0 Å². The molecule has 4 aromatic rings. The van der Waals surface area contributed by atoms with E-state index < -0.39 is 0 Å². The molecule has 1 saturated heterocycles. The molecular weight excluding hydrogens is 464 g/mol. The molecule has 0 saturated carbocycles. The number of nitrogens with zero attached hydrogens (tertiary/aromatic N) is 3. The van der Waals surface area contributed by atoms with Gasteiger partial charge in [-0.3, -0.25) is 14.5 Å². The van der Waals surface area contributed by atoms with Gasteiger partial charge in [-0.05, 0) is 42.8 Å². The first kappa shape index (κ1) is 22.1. The van der Waals surface area contributed by atoms with Crippen LogP contribution in [-0.4, -0.2) is 37.5 Å². The van der Waals surface area contributed by atoms with Gasteiger partial charge in [-0.1, -0.05) is 84.1 Å². The highest BCUT2D eigenvalue weighted by molar-refractivity contribution is 8.26. The molecule has 1 fully saturated rings. The van der Waals surface area contributed by atoms with Crippen LogP contribution in [0.1, 0.15) is 11.1 Å². The monoisotopic (exact) mass is 484 g/mol. The van der Waals surface area contributed by atoms with Crippen LogP contribution in [0.4, 0.5) is 11.6 Å². The molecule has 1 N–H and O–H groups in total. The zero-order valence-electron chi connectivity index (χ0n) is 18.3. The summed E-state index contributed by atoms with van der Waals surface area (Å²) in [7, 11) is 0. The minimum Gasteiger partial charge on any atom is -0.323 e. The fourth-order valence-corrected chi connectivity index (χ4v) is 4.92. The quantitative estimate of drug-likeness (QED) is 0.302. The van der Waals surface area contributed by atoms with Crippen molar-refractivity contribution < 1.29 is 9.59 Å². The van der Waals surface area contributed by atoms with E-state index in [-0.39, 0.29) is 18.4 Å². The molecule has 1 aromatic heterocycles. The molecule has 168 valence electrons. The Kier molecular flexibility index (Phi) is 6.00. The van der Waals surface area contributed by atoms with E-state index in [0.29, 0.717) is 20.9 Å². The second-order valence-corrected chi connectivity index (χ2v) is 9.50. The van der Waals surface area contributed by atoms with Crippen LogP contribution < -0.4 is 4.90 Å². The van der Waals surface area contributed by atoms with Gasteiger partial charge in [0, 0.05) is 0 Å². The molecule has 0 aliphatic carbocycles. The summed E-state index contributed by atoms with van der Waals surface area (Å²) in [5.74, 6) is -0.207. The van der Waals surface area contributed by atoms with Gasteiger partial charge in [0.15, 0.2) is 0 Å². The molecule has 0 radical (unpaired) electrons. The molecule has 3 aromatic carbocycles. The highest BCUT2D eigenvalue weighted by atomic mass is 32.2. The molecule has 1 aliphatic heterocycles. The number of rotatable bonds is 5. The predicted molar refractivity (Wildman–Crippen MR) is 141 cm³/mol.